The Labute approximate surface area is 149 Å². The zero-order valence-electron chi connectivity index (χ0n) is 15.5. The van der Waals surface area contributed by atoms with Crippen LogP contribution in [0.4, 0.5) is 0 Å². The summed E-state index contributed by atoms with van der Waals surface area (Å²) in [6.45, 7) is 3.13. The highest BCUT2D eigenvalue weighted by atomic mass is 32.2. The van der Waals surface area contributed by atoms with E-state index in [4.69, 9.17) is 0 Å². The van der Waals surface area contributed by atoms with Crippen molar-refractivity contribution in [1.29, 1.82) is 0 Å². The molecule has 3 heterocycles. The maximum Gasteiger partial charge on any atom is 0.282 e. The van der Waals surface area contributed by atoms with Crippen LogP contribution in [-0.2, 0) is 16.8 Å². The third kappa shape index (κ3) is 3.29. The van der Waals surface area contributed by atoms with Crippen molar-refractivity contribution >= 4 is 15.9 Å². The summed E-state index contributed by atoms with van der Waals surface area (Å²) in [5, 5.41) is 4.59. The highest BCUT2D eigenvalue weighted by molar-refractivity contribution is 7.86. The Bertz CT molecular complexity index is 874. The molecule has 0 saturated carbocycles. The molecule has 0 bridgehead atoms. The number of aryl methyl sites for hydroxylation is 1. The van der Waals surface area contributed by atoms with Crippen LogP contribution in [0.5, 0.6) is 0 Å². The molecule has 8 nitrogen and oxygen atoms in total. The van der Waals surface area contributed by atoms with E-state index in [-0.39, 0.29) is 6.04 Å². The van der Waals surface area contributed by atoms with Gasteiger partial charge in [-0.2, -0.15) is 22.1 Å². The lowest BCUT2D eigenvalue weighted by atomic mass is 10.1. The van der Waals surface area contributed by atoms with Crippen LogP contribution >= 0.6 is 0 Å². The van der Waals surface area contributed by atoms with Gasteiger partial charge in [-0.3, -0.25) is 0 Å². The van der Waals surface area contributed by atoms with Crippen LogP contribution in [-0.4, -0.2) is 71.3 Å². The Morgan fingerprint density at radius 1 is 1.28 bits per heavy atom. The average Bonchev–Trinajstić information content (AvgIpc) is 3.12. The summed E-state index contributed by atoms with van der Waals surface area (Å²) in [6.07, 6.45) is 3.47. The molecule has 1 atom stereocenters. The zero-order chi connectivity index (χ0) is 18.4. The molecule has 1 saturated heterocycles. The van der Waals surface area contributed by atoms with E-state index < -0.39 is 10.2 Å². The first-order valence-corrected chi connectivity index (χ1v) is 9.79. The van der Waals surface area contributed by atoms with Gasteiger partial charge >= 0.3 is 0 Å². The largest absolute Gasteiger partial charge is 0.305 e. The van der Waals surface area contributed by atoms with Crippen LogP contribution in [0.1, 0.15) is 35.8 Å². The first-order valence-electron chi connectivity index (χ1n) is 8.40. The predicted molar refractivity (Wildman–Crippen MR) is 96.4 cm³/mol. The molecule has 0 radical (unpaired) electrons. The third-order valence-corrected chi connectivity index (χ3v) is 6.44. The van der Waals surface area contributed by atoms with Gasteiger partial charge in [-0.25, -0.2) is 9.50 Å². The molecule has 0 aliphatic carbocycles. The van der Waals surface area contributed by atoms with Gasteiger partial charge in [0.1, 0.15) is 0 Å². The van der Waals surface area contributed by atoms with E-state index in [1.807, 2.05) is 37.8 Å². The van der Waals surface area contributed by atoms with Crippen molar-refractivity contribution < 1.29 is 8.42 Å². The topological polar surface area (TPSA) is 74.1 Å². The van der Waals surface area contributed by atoms with Gasteiger partial charge in [0.25, 0.3) is 10.2 Å². The second kappa shape index (κ2) is 6.64. The molecule has 2 aromatic heterocycles. The van der Waals surface area contributed by atoms with Crippen LogP contribution in [0.3, 0.4) is 0 Å². The summed E-state index contributed by atoms with van der Waals surface area (Å²) >= 11 is 0. The van der Waals surface area contributed by atoms with Crippen LogP contribution in [0.25, 0.3) is 5.65 Å². The van der Waals surface area contributed by atoms with Crippen molar-refractivity contribution in [3.63, 3.8) is 0 Å². The summed E-state index contributed by atoms with van der Waals surface area (Å²) in [5.74, 6) is 0. The lowest BCUT2D eigenvalue weighted by Crippen LogP contribution is -2.40. The van der Waals surface area contributed by atoms with Crippen LogP contribution in [0, 0.1) is 6.92 Å². The lowest BCUT2D eigenvalue weighted by molar-refractivity contribution is 0.345. The molecule has 9 heteroatoms. The Kier molecular flexibility index (Phi) is 4.84. The smallest absolute Gasteiger partial charge is 0.282 e. The van der Waals surface area contributed by atoms with Gasteiger partial charge in [-0.05, 0) is 33.9 Å². The quantitative estimate of drug-likeness (QED) is 0.791. The second-order valence-electron chi connectivity index (χ2n) is 7.02. The molecule has 25 heavy (non-hydrogen) atoms. The number of nitrogens with zero attached hydrogens (tertiary/aromatic N) is 6. The van der Waals surface area contributed by atoms with Gasteiger partial charge < -0.3 is 4.90 Å². The fourth-order valence-corrected chi connectivity index (χ4v) is 4.72. The van der Waals surface area contributed by atoms with E-state index in [1.165, 1.54) is 4.31 Å². The van der Waals surface area contributed by atoms with Gasteiger partial charge in [0.15, 0.2) is 5.65 Å². The Morgan fingerprint density at radius 2 is 2.00 bits per heavy atom. The Balaban J connectivity index is 2.18. The molecule has 0 spiro atoms. The molecule has 1 aliphatic heterocycles. The normalized spacial score (nSPS) is 19.6. The van der Waals surface area contributed by atoms with Crippen molar-refractivity contribution in [2.45, 2.75) is 32.4 Å². The number of rotatable bonds is 5. The minimum atomic E-state index is -3.49. The predicted octanol–water partition coefficient (Wildman–Crippen LogP) is 1.04. The van der Waals surface area contributed by atoms with Crippen molar-refractivity contribution in [2.75, 3.05) is 34.7 Å². The van der Waals surface area contributed by atoms with Gasteiger partial charge in [-0.1, -0.05) is 0 Å². The van der Waals surface area contributed by atoms with Gasteiger partial charge in [0.05, 0.1) is 17.4 Å². The molecule has 0 N–H and O–H groups in total. The molecule has 2 aromatic rings. The Hall–Kier alpha value is -1.55. The zero-order valence-corrected chi connectivity index (χ0v) is 16.3. The monoisotopic (exact) mass is 366 g/mol. The molecular formula is C16H26N6O2S. The molecular weight excluding hydrogens is 340 g/mol. The highest BCUT2D eigenvalue weighted by Crippen LogP contribution is 2.36. The number of aromatic nitrogens is 3. The van der Waals surface area contributed by atoms with Crippen LogP contribution < -0.4 is 0 Å². The van der Waals surface area contributed by atoms with E-state index in [1.54, 1.807) is 18.4 Å². The maximum atomic E-state index is 12.8. The number of hydrogen-bond acceptors (Lipinski definition) is 5. The van der Waals surface area contributed by atoms with Gasteiger partial charge in [0.2, 0.25) is 0 Å². The summed E-state index contributed by atoms with van der Waals surface area (Å²) in [6, 6.07) is 1.69. The molecule has 1 fully saturated rings. The molecule has 1 aliphatic rings. The van der Waals surface area contributed by atoms with Crippen LogP contribution in [0.2, 0.25) is 0 Å². The first-order chi connectivity index (χ1) is 11.7. The van der Waals surface area contributed by atoms with E-state index >= 15 is 0 Å². The van der Waals surface area contributed by atoms with Crippen molar-refractivity contribution in [2.24, 2.45) is 0 Å². The van der Waals surface area contributed by atoms with Crippen molar-refractivity contribution in [1.82, 2.24) is 28.1 Å². The summed E-state index contributed by atoms with van der Waals surface area (Å²) in [7, 11) is 3.64. The van der Waals surface area contributed by atoms with Gasteiger partial charge in [0, 0.05) is 45.0 Å². The third-order valence-electron chi connectivity index (χ3n) is 4.49. The minimum Gasteiger partial charge on any atom is -0.305 e. The molecule has 0 amide bonds. The summed E-state index contributed by atoms with van der Waals surface area (Å²) in [4.78, 5) is 6.56. The maximum absolute atomic E-state index is 12.8. The number of fused-ring (bicyclic) bond motifs is 1. The highest BCUT2D eigenvalue weighted by Gasteiger charge is 2.39. The van der Waals surface area contributed by atoms with Crippen molar-refractivity contribution in [3.8, 4) is 0 Å². The first kappa shape index (κ1) is 18.2. The fourth-order valence-electron chi connectivity index (χ4n) is 3.42. The fraction of sp³-hybridized carbons (Fsp3) is 0.625. The van der Waals surface area contributed by atoms with Crippen molar-refractivity contribution in [3.05, 3.63) is 29.2 Å². The molecule has 3 rings (SSSR count). The van der Waals surface area contributed by atoms with Gasteiger partial charge in [-0.15, -0.1) is 0 Å². The SMILES string of the molecule is Cc1cc2ncc(CN(C)C)c(C3CCCN3S(=O)(=O)N(C)C)n2n1. The summed E-state index contributed by atoms with van der Waals surface area (Å²) in [5.41, 5.74) is 3.56. The molecule has 138 valence electrons. The lowest BCUT2D eigenvalue weighted by Gasteiger charge is -2.29. The molecule has 0 aromatic carbocycles. The summed E-state index contributed by atoms with van der Waals surface area (Å²) < 4.78 is 30.3. The van der Waals surface area contributed by atoms with Crippen LogP contribution in [0.15, 0.2) is 12.3 Å². The second-order valence-corrected chi connectivity index (χ2v) is 9.12. The van der Waals surface area contributed by atoms with E-state index in [0.717, 1.165) is 35.4 Å². The molecule has 1 unspecified atom stereocenters. The van der Waals surface area contributed by atoms with E-state index in [9.17, 15) is 8.42 Å². The number of hydrogen-bond donors (Lipinski definition) is 0. The minimum absolute atomic E-state index is 0.229. The Morgan fingerprint density at radius 3 is 2.64 bits per heavy atom. The van der Waals surface area contributed by atoms with E-state index in [0.29, 0.717) is 13.1 Å². The average molecular weight is 366 g/mol. The standard InChI is InChI=1S/C16H26N6O2S/c1-12-9-15-17-10-13(11-19(2)3)16(22(15)18-12)14-7-6-8-21(14)25(23,24)20(4)5/h9-10,14H,6-8,11H2,1-5H3. The van der Waals surface area contributed by atoms with E-state index in [2.05, 4.69) is 15.0 Å².